The molecule has 9 heteroatoms. The Bertz CT molecular complexity index is 1060. The van der Waals surface area contributed by atoms with E-state index in [1.54, 1.807) is 6.07 Å². The van der Waals surface area contributed by atoms with Crippen LogP contribution in [0.15, 0.2) is 51.8 Å². The molecule has 2 aliphatic heterocycles. The minimum Gasteiger partial charge on any atom is -0.486 e. The second kappa shape index (κ2) is 8.56. The molecule has 1 saturated heterocycles. The van der Waals surface area contributed by atoms with E-state index in [4.69, 9.17) is 9.47 Å². The summed E-state index contributed by atoms with van der Waals surface area (Å²) in [5.41, 5.74) is 0.935. The van der Waals surface area contributed by atoms with Crippen molar-refractivity contribution in [2.45, 2.75) is 36.7 Å². The van der Waals surface area contributed by atoms with Gasteiger partial charge in [0.25, 0.3) is 0 Å². The van der Waals surface area contributed by atoms with Gasteiger partial charge in [-0.3, -0.25) is 4.79 Å². The molecular weight excluding hydrogens is 472 g/mol. The molecule has 2 atom stereocenters. The molecule has 2 aliphatic rings. The Hall–Kier alpha value is -2.10. The number of hydrogen-bond acceptors (Lipinski definition) is 5. The summed E-state index contributed by atoms with van der Waals surface area (Å²) in [6.45, 7) is 2.99. The number of benzene rings is 2. The second-order valence-corrected chi connectivity index (χ2v) is 10.1. The van der Waals surface area contributed by atoms with Crippen LogP contribution in [0.1, 0.15) is 31.4 Å². The lowest BCUT2D eigenvalue weighted by Crippen LogP contribution is -2.46. The number of sulfonamides is 1. The van der Waals surface area contributed by atoms with Gasteiger partial charge in [-0.25, -0.2) is 8.42 Å². The van der Waals surface area contributed by atoms with Gasteiger partial charge in [-0.1, -0.05) is 34.1 Å². The van der Waals surface area contributed by atoms with Gasteiger partial charge < -0.3 is 14.8 Å². The van der Waals surface area contributed by atoms with Crippen LogP contribution in [0.2, 0.25) is 0 Å². The zero-order valence-electron chi connectivity index (χ0n) is 16.5. The molecule has 1 N–H and O–H groups in total. The molecule has 0 radical (unpaired) electrons. The Morgan fingerprint density at radius 3 is 2.67 bits per heavy atom. The maximum atomic E-state index is 13.3. The number of halogens is 1. The Kier molecular flexibility index (Phi) is 6.04. The van der Waals surface area contributed by atoms with Gasteiger partial charge in [0, 0.05) is 17.1 Å². The fourth-order valence-electron chi connectivity index (χ4n) is 3.82. The minimum atomic E-state index is -3.85. The van der Waals surface area contributed by atoms with Crippen LogP contribution in [-0.4, -0.2) is 44.4 Å². The van der Waals surface area contributed by atoms with Crippen molar-refractivity contribution in [3.05, 3.63) is 52.5 Å². The van der Waals surface area contributed by atoms with Crippen molar-refractivity contribution in [3.63, 3.8) is 0 Å². The van der Waals surface area contributed by atoms with Crippen LogP contribution < -0.4 is 14.8 Å². The predicted molar refractivity (Wildman–Crippen MR) is 115 cm³/mol. The first-order valence-corrected chi connectivity index (χ1v) is 12.1. The summed E-state index contributed by atoms with van der Waals surface area (Å²) in [6, 6.07) is 11.2. The molecule has 2 unspecified atom stereocenters. The number of fused-ring (bicyclic) bond motifs is 1. The standard InChI is InChI=1S/C21H23BrN2O5S/c1-14(16-5-2-3-6-17(16)22)23-21(25)18-7-4-10-24(18)30(26,27)15-8-9-19-20(13-15)29-12-11-28-19/h2-3,5-6,8-9,13-14,18H,4,7,10-12H2,1H3,(H,23,25). The number of nitrogens with one attached hydrogen (secondary N) is 1. The third-order valence-corrected chi connectivity index (χ3v) is 7.98. The third-order valence-electron chi connectivity index (χ3n) is 5.36. The van der Waals surface area contributed by atoms with Crippen molar-refractivity contribution in [2.75, 3.05) is 19.8 Å². The van der Waals surface area contributed by atoms with Crippen LogP contribution in [0, 0.1) is 0 Å². The highest BCUT2D eigenvalue weighted by molar-refractivity contribution is 9.10. The molecule has 7 nitrogen and oxygen atoms in total. The Morgan fingerprint density at radius 2 is 1.90 bits per heavy atom. The van der Waals surface area contributed by atoms with Gasteiger partial charge in [0.1, 0.15) is 19.3 Å². The predicted octanol–water partition coefficient (Wildman–Crippen LogP) is 3.25. The molecular formula is C21H23BrN2O5S. The molecule has 160 valence electrons. The lowest BCUT2D eigenvalue weighted by Gasteiger charge is -2.26. The molecule has 0 aliphatic carbocycles. The van der Waals surface area contributed by atoms with E-state index in [2.05, 4.69) is 21.2 Å². The molecule has 1 amide bonds. The molecule has 2 heterocycles. The van der Waals surface area contributed by atoms with Crippen molar-refractivity contribution >= 4 is 31.9 Å². The highest BCUT2D eigenvalue weighted by Crippen LogP contribution is 2.35. The van der Waals surface area contributed by atoms with E-state index in [9.17, 15) is 13.2 Å². The van der Waals surface area contributed by atoms with Crippen LogP contribution in [0.25, 0.3) is 0 Å². The number of ether oxygens (including phenoxy) is 2. The first-order valence-electron chi connectivity index (χ1n) is 9.84. The van der Waals surface area contributed by atoms with Crippen molar-refractivity contribution in [3.8, 4) is 11.5 Å². The summed E-state index contributed by atoms with van der Waals surface area (Å²) in [7, 11) is -3.85. The highest BCUT2D eigenvalue weighted by Gasteiger charge is 2.40. The fraction of sp³-hybridized carbons (Fsp3) is 0.381. The average molecular weight is 495 g/mol. The van der Waals surface area contributed by atoms with Crippen LogP contribution in [-0.2, 0) is 14.8 Å². The second-order valence-electron chi connectivity index (χ2n) is 7.33. The van der Waals surface area contributed by atoms with Gasteiger partial charge in [0.15, 0.2) is 11.5 Å². The first-order chi connectivity index (χ1) is 14.4. The monoisotopic (exact) mass is 494 g/mol. The Balaban J connectivity index is 1.54. The molecule has 0 bridgehead atoms. The van der Waals surface area contributed by atoms with E-state index in [1.807, 2.05) is 31.2 Å². The van der Waals surface area contributed by atoms with Crippen LogP contribution in [0.4, 0.5) is 0 Å². The topological polar surface area (TPSA) is 84.9 Å². The zero-order chi connectivity index (χ0) is 21.3. The summed E-state index contributed by atoms with van der Waals surface area (Å²) >= 11 is 3.49. The van der Waals surface area contributed by atoms with Crippen molar-refractivity contribution in [2.24, 2.45) is 0 Å². The van der Waals surface area contributed by atoms with Gasteiger partial charge in [0.05, 0.1) is 10.9 Å². The summed E-state index contributed by atoms with van der Waals surface area (Å²) < 4.78 is 39.7. The molecule has 0 aromatic heterocycles. The fourth-order valence-corrected chi connectivity index (χ4v) is 6.12. The van der Waals surface area contributed by atoms with E-state index < -0.39 is 16.1 Å². The largest absolute Gasteiger partial charge is 0.486 e. The molecule has 4 rings (SSSR count). The SMILES string of the molecule is CC(NC(=O)C1CCCN1S(=O)(=O)c1ccc2c(c1)OCCO2)c1ccccc1Br. The number of amides is 1. The maximum Gasteiger partial charge on any atom is 0.243 e. The Morgan fingerprint density at radius 1 is 1.17 bits per heavy atom. The number of rotatable bonds is 5. The van der Waals surface area contributed by atoms with Crippen molar-refractivity contribution < 1.29 is 22.7 Å². The average Bonchev–Trinajstić information content (AvgIpc) is 3.24. The van der Waals surface area contributed by atoms with Crippen LogP contribution >= 0.6 is 15.9 Å². The van der Waals surface area contributed by atoms with Gasteiger partial charge >= 0.3 is 0 Å². The molecule has 30 heavy (non-hydrogen) atoms. The lowest BCUT2D eigenvalue weighted by atomic mass is 10.1. The molecule has 0 spiro atoms. The van der Waals surface area contributed by atoms with E-state index in [0.717, 1.165) is 10.0 Å². The molecule has 2 aromatic carbocycles. The van der Waals surface area contributed by atoms with Crippen LogP contribution in [0.3, 0.4) is 0 Å². The number of hydrogen-bond donors (Lipinski definition) is 1. The van der Waals surface area contributed by atoms with E-state index in [0.29, 0.717) is 44.1 Å². The summed E-state index contributed by atoms with van der Waals surface area (Å²) in [5.74, 6) is 0.639. The molecule has 0 saturated carbocycles. The maximum absolute atomic E-state index is 13.3. The van der Waals surface area contributed by atoms with Crippen molar-refractivity contribution in [1.29, 1.82) is 0 Å². The quantitative estimate of drug-likeness (QED) is 0.689. The van der Waals surface area contributed by atoms with Crippen LogP contribution in [0.5, 0.6) is 11.5 Å². The van der Waals surface area contributed by atoms with E-state index in [-0.39, 0.29) is 16.8 Å². The van der Waals surface area contributed by atoms with Crippen molar-refractivity contribution in [1.82, 2.24) is 9.62 Å². The highest BCUT2D eigenvalue weighted by atomic mass is 79.9. The minimum absolute atomic E-state index is 0.102. The van der Waals surface area contributed by atoms with Gasteiger partial charge in [-0.2, -0.15) is 4.31 Å². The zero-order valence-corrected chi connectivity index (χ0v) is 18.9. The summed E-state index contributed by atoms with van der Waals surface area (Å²) in [6.07, 6.45) is 1.11. The van der Waals surface area contributed by atoms with Gasteiger partial charge in [-0.15, -0.1) is 0 Å². The summed E-state index contributed by atoms with van der Waals surface area (Å²) in [5, 5.41) is 2.96. The lowest BCUT2D eigenvalue weighted by molar-refractivity contribution is -0.124. The Labute approximate surface area is 184 Å². The molecule has 2 aromatic rings. The summed E-state index contributed by atoms with van der Waals surface area (Å²) in [4.78, 5) is 13.1. The number of carbonyl (C=O) groups is 1. The first kappa shape index (κ1) is 21.1. The molecule has 1 fully saturated rings. The number of carbonyl (C=O) groups excluding carboxylic acids is 1. The van der Waals surface area contributed by atoms with E-state index in [1.165, 1.54) is 16.4 Å². The number of nitrogens with zero attached hydrogens (tertiary/aromatic N) is 1. The smallest absolute Gasteiger partial charge is 0.243 e. The van der Waals surface area contributed by atoms with E-state index >= 15 is 0 Å². The van der Waals surface area contributed by atoms with Gasteiger partial charge in [0.2, 0.25) is 15.9 Å². The van der Waals surface area contributed by atoms with Gasteiger partial charge in [-0.05, 0) is 43.5 Å². The normalized spacial score (nSPS) is 20.0. The third kappa shape index (κ3) is 4.06.